The topological polar surface area (TPSA) is 15.3 Å². The molecule has 1 fully saturated rings. The van der Waals surface area contributed by atoms with Crippen molar-refractivity contribution in [1.82, 2.24) is 10.2 Å². The van der Waals surface area contributed by atoms with E-state index < -0.39 is 11.7 Å². The van der Waals surface area contributed by atoms with E-state index in [4.69, 9.17) is 0 Å². The van der Waals surface area contributed by atoms with Gasteiger partial charge in [0.05, 0.1) is 11.6 Å². The highest BCUT2D eigenvalue weighted by Crippen LogP contribution is 2.36. The molecule has 0 aliphatic carbocycles. The number of halogens is 4. The van der Waals surface area contributed by atoms with E-state index in [1.54, 1.807) is 12.1 Å². The lowest BCUT2D eigenvalue weighted by Gasteiger charge is -2.34. The van der Waals surface area contributed by atoms with E-state index in [9.17, 15) is 13.2 Å². The van der Waals surface area contributed by atoms with Gasteiger partial charge in [0.25, 0.3) is 0 Å². The number of hydrogen-bond acceptors (Lipinski definition) is 2. The predicted octanol–water partition coefficient (Wildman–Crippen LogP) is 3.26. The molecule has 1 aromatic carbocycles. The van der Waals surface area contributed by atoms with Gasteiger partial charge in [-0.15, -0.1) is 19.0 Å². The maximum Gasteiger partial charge on any atom is 0.416 e. The molecule has 0 aromatic heterocycles. The van der Waals surface area contributed by atoms with Crippen molar-refractivity contribution < 1.29 is 13.2 Å². The normalized spacial score (nSPS) is 18.1. The fourth-order valence-corrected chi connectivity index (χ4v) is 2.45. The van der Waals surface area contributed by atoms with Crippen molar-refractivity contribution in [3.05, 3.63) is 48.0 Å². The first-order valence-electron chi connectivity index (χ1n) is 6.27. The number of nitrogens with zero attached hydrogens (tertiary/aromatic N) is 1. The largest absolute Gasteiger partial charge is 0.416 e. The SMILES string of the molecule is C=C[C@H](c1ccccc1C(F)(F)F)N1CCNCC1.Cl. The van der Waals surface area contributed by atoms with Crippen LogP contribution < -0.4 is 5.32 Å². The summed E-state index contributed by atoms with van der Waals surface area (Å²) in [5.74, 6) is 0. The smallest absolute Gasteiger partial charge is 0.314 e. The van der Waals surface area contributed by atoms with Gasteiger partial charge in [0.15, 0.2) is 0 Å². The van der Waals surface area contributed by atoms with Gasteiger partial charge in [-0.1, -0.05) is 24.3 Å². The molecule has 112 valence electrons. The highest BCUT2D eigenvalue weighted by molar-refractivity contribution is 5.85. The lowest BCUT2D eigenvalue weighted by Crippen LogP contribution is -2.45. The molecule has 1 heterocycles. The molecule has 1 aromatic rings. The summed E-state index contributed by atoms with van der Waals surface area (Å²) in [5.41, 5.74) is -0.287. The van der Waals surface area contributed by atoms with Crippen LogP contribution in [0.25, 0.3) is 0 Å². The van der Waals surface area contributed by atoms with Gasteiger partial charge in [-0.25, -0.2) is 0 Å². The van der Waals surface area contributed by atoms with Gasteiger partial charge < -0.3 is 5.32 Å². The molecule has 1 aliphatic heterocycles. The first-order chi connectivity index (χ1) is 9.04. The minimum Gasteiger partial charge on any atom is -0.314 e. The molecule has 1 N–H and O–H groups in total. The van der Waals surface area contributed by atoms with Crippen molar-refractivity contribution in [1.29, 1.82) is 0 Å². The monoisotopic (exact) mass is 306 g/mol. The molecule has 1 atom stereocenters. The van der Waals surface area contributed by atoms with Crippen LogP contribution in [0.1, 0.15) is 17.2 Å². The number of rotatable bonds is 3. The first kappa shape index (κ1) is 17.0. The van der Waals surface area contributed by atoms with E-state index in [1.165, 1.54) is 12.1 Å². The molecule has 2 rings (SSSR count). The Morgan fingerprint density at radius 1 is 1.20 bits per heavy atom. The van der Waals surface area contributed by atoms with Crippen molar-refractivity contribution in [2.75, 3.05) is 26.2 Å². The summed E-state index contributed by atoms with van der Waals surface area (Å²) in [5, 5.41) is 3.19. The average Bonchev–Trinajstić information content (AvgIpc) is 2.40. The van der Waals surface area contributed by atoms with Crippen molar-refractivity contribution in [2.24, 2.45) is 0 Å². The van der Waals surface area contributed by atoms with Crippen LogP contribution in [0.5, 0.6) is 0 Å². The number of nitrogens with one attached hydrogen (secondary N) is 1. The van der Waals surface area contributed by atoms with Gasteiger partial charge in [-0.3, -0.25) is 4.90 Å². The molecule has 1 aliphatic rings. The minimum absolute atomic E-state index is 0. The maximum atomic E-state index is 13.0. The number of hydrogen-bond donors (Lipinski definition) is 1. The Morgan fingerprint density at radius 3 is 2.35 bits per heavy atom. The summed E-state index contributed by atoms with van der Waals surface area (Å²) in [6.45, 7) is 6.74. The zero-order valence-corrected chi connectivity index (χ0v) is 11.8. The van der Waals surface area contributed by atoms with E-state index in [2.05, 4.69) is 11.9 Å². The third-order valence-electron chi connectivity index (χ3n) is 3.35. The third kappa shape index (κ3) is 3.75. The Morgan fingerprint density at radius 2 is 1.80 bits per heavy atom. The van der Waals surface area contributed by atoms with E-state index >= 15 is 0 Å². The van der Waals surface area contributed by atoms with Gasteiger partial charge in [-0.05, 0) is 11.6 Å². The van der Waals surface area contributed by atoms with E-state index in [-0.39, 0.29) is 24.0 Å². The zero-order chi connectivity index (χ0) is 13.9. The number of alkyl halides is 3. The average molecular weight is 307 g/mol. The van der Waals surface area contributed by atoms with Crippen molar-refractivity contribution in [3.8, 4) is 0 Å². The minimum atomic E-state index is -4.33. The molecular weight excluding hydrogens is 289 g/mol. The molecule has 2 nitrogen and oxygen atoms in total. The summed E-state index contributed by atoms with van der Waals surface area (Å²) < 4.78 is 39.1. The highest BCUT2D eigenvalue weighted by Gasteiger charge is 2.35. The third-order valence-corrected chi connectivity index (χ3v) is 3.35. The molecule has 0 spiro atoms. The summed E-state index contributed by atoms with van der Waals surface area (Å²) in [6, 6.07) is 5.35. The van der Waals surface area contributed by atoms with Crippen LogP contribution in [0.15, 0.2) is 36.9 Å². The second-order valence-electron chi connectivity index (χ2n) is 4.55. The first-order valence-corrected chi connectivity index (χ1v) is 6.27. The van der Waals surface area contributed by atoms with Crippen LogP contribution in [-0.2, 0) is 6.18 Å². The van der Waals surface area contributed by atoms with Crippen LogP contribution in [-0.4, -0.2) is 31.1 Å². The molecule has 0 bridgehead atoms. The van der Waals surface area contributed by atoms with Crippen LogP contribution in [0.3, 0.4) is 0 Å². The van der Waals surface area contributed by atoms with E-state index in [0.717, 1.165) is 32.2 Å². The van der Waals surface area contributed by atoms with Crippen LogP contribution in [0.4, 0.5) is 13.2 Å². The Hall–Kier alpha value is -1.04. The molecule has 20 heavy (non-hydrogen) atoms. The predicted molar refractivity (Wildman–Crippen MR) is 76.1 cm³/mol. The lowest BCUT2D eigenvalue weighted by atomic mass is 9.98. The Bertz CT molecular complexity index is 442. The van der Waals surface area contributed by atoms with Crippen LogP contribution in [0.2, 0.25) is 0 Å². The lowest BCUT2D eigenvalue weighted by molar-refractivity contribution is -0.138. The number of benzene rings is 1. The maximum absolute atomic E-state index is 13.0. The van der Waals surface area contributed by atoms with Gasteiger partial charge in [-0.2, -0.15) is 13.2 Å². The molecule has 1 saturated heterocycles. The van der Waals surface area contributed by atoms with Gasteiger partial charge in [0.1, 0.15) is 0 Å². The Kier molecular flexibility index (Phi) is 6.05. The fraction of sp³-hybridized carbons (Fsp3) is 0.429. The molecule has 6 heteroatoms. The molecular formula is C14H18ClF3N2. The second-order valence-corrected chi connectivity index (χ2v) is 4.55. The van der Waals surface area contributed by atoms with Gasteiger partial charge >= 0.3 is 6.18 Å². The standard InChI is InChI=1S/C14H17F3N2.ClH/c1-2-13(19-9-7-18-8-10-19)11-5-3-4-6-12(11)14(15,16)17;/h2-6,13,18H,1,7-10H2;1H/t13-;/m1./s1. The van der Waals surface area contributed by atoms with Crippen molar-refractivity contribution in [3.63, 3.8) is 0 Å². The van der Waals surface area contributed by atoms with E-state index in [0.29, 0.717) is 0 Å². The van der Waals surface area contributed by atoms with Crippen LogP contribution >= 0.6 is 12.4 Å². The summed E-state index contributed by atoms with van der Waals surface area (Å²) in [7, 11) is 0. The van der Waals surface area contributed by atoms with Crippen LogP contribution in [0, 0.1) is 0 Å². The van der Waals surface area contributed by atoms with Crippen molar-refractivity contribution >= 4 is 12.4 Å². The Labute approximate surface area is 123 Å². The summed E-state index contributed by atoms with van der Waals surface area (Å²) >= 11 is 0. The highest BCUT2D eigenvalue weighted by atomic mass is 35.5. The fourth-order valence-electron chi connectivity index (χ4n) is 2.45. The summed E-state index contributed by atoms with van der Waals surface area (Å²) in [4.78, 5) is 2.02. The number of piperazine rings is 1. The molecule has 0 amide bonds. The Balaban J connectivity index is 0.00000200. The molecule has 0 radical (unpaired) electrons. The zero-order valence-electron chi connectivity index (χ0n) is 11.0. The second kappa shape index (κ2) is 7.11. The summed E-state index contributed by atoms with van der Waals surface area (Å²) in [6.07, 6.45) is -2.73. The quantitative estimate of drug-likeness (QED) is 0.862. The van der Waals surface area contributed by atoms with Crippen molar-refractivity contribution in [2.45, 2.75) is 12.2 Å². The molecule has 0 unspecified atom stereocenters. The molecule has 0 saturated carbocycles. The van der Waals surface area contributed by atoms with Gasteiger partial charge in [0.2, 0.25) is 0 Å². The van der Waals surface area contributed by atoms with Gasteiger partial charge in [0, 0.05) is 26.2 Å². The van der Waals surface area contributed by atoms with E-state index in [1.807, 2.05) is 4.90 Å².